The Morgan fingerprint density at radius 1 is 1.54 bits per heavy atom. The predicted octanol–water partition coefficient (Wildman–Crippen LogP) is 2.04. The van der Waals surface area contributed by atoms with Crippen molar-refractivity contribution in [2.75, 3.05) is 0 Å². The maximum absolute atomic E-state index is 11.2. The first-order valence-corrected chi connectivity index (χ1v) is 5.18. The zero-order chi connectivity index (χ0) is 9.31. The van der Waals surface area contributed by atoms with Crippen LogP contribution in [0.15, 0.2) is 12.3 Å². The lowest BCUT2D eigenvalue weighted by atomic mass is 9.85. The van der Waals surface area contributed by atoms with Gasteiger partial charge in [0.25, 0.3) is 0 Å². The van der Waals surface area contributed by atoms with E-state index in [0.717, 1.165) is 30.6 Å². The molecule has 4 heteroatoms. The van der Waals surface area contributed by atoms with Gasteiger partial charge in [-0.1, -0.05) is 12.8 Å². The number of carboxylic acid groups (broad SMARTS) is 1. The van der Waals surface area contributed by atoms with E-state index in [4.69, 9.17) is 0 Å². The number of rotatable bonds is 2. The first-order chi connectivity index (χ1) is 6.26. The molecule has 0 spiro atoms. The molecule has 70 valence electrons. The van der Waals surface area contributed by atoms with Gasteiger partial charge < -0.3 is 5.11 Å². The highest BCUT2D eigenvalue weighted by atomic mass is 32.1. The molecule has 0 aliphatic heterocycles. The molecular formula is C9H11NO2S. The molecule has 0 amide bonds. The Balaban J connectivity index is 2.39. The summed E-state index contributed by atoms with van der Waals surface area (Å²) in [7, 11) is 0. The fourth-order valence-corrected chi connectivity index (χ4v) is 2.83. The summed E-state index contributed by atoms with van der Waals surface area (Å²) >= 11 is 1.32. The van der Waals surface area contributed by atoms with E-state index in [2.05, 4.69) is 4.37 Å². The monoisotopic (exact) mass is 197 g/mol. The molecular weight excluding hydrogens is 186 g/mol. The molecule has 1 heterocycles. The highest BCUT2D eigenvalue weighted by Gasteiger charge is 2.43. The average molecular weight is 197 g/mol. The molecule has 0 atom stereocenters. The number of hydrogen-bond donors (Lipinski definition) is 1. The number of aromatic nitrogens is 1. The van der Waals surface area contributed by atoms with Crippen LogP contribution in [-0.4, -0.2) is 15.4 Å². The molecule has 2 rings (SSSR count). The van der Waals surface area contributed by atoms with Gasteiger partial charge in [-0.3, -0.25) is 4.79 Å². The molecule has 1 N–H and O–H groups in total. The van der Waals surface area contributed by atoms with Crippen LogP contribution in [0.25, 0.3) is 0 Å². The number of carbonyl (C=O) groups is 1. The quantitative estimate of drug-likeness (QED) is 0.789. The van der Waals surface area contributed by atoms with Crippen LogP contribution >= 0.6 is 11.5 Å². The van der Waals surface area contributed by atoms with Crippen molar-refractivity contribution in [1.29, 1.82) is 0 Å². The standard InChI is InChI=1S/C9H11NO2S/c11-8(12)9(4-1-2-5-9)7-3-6-10-13-7/h3,6H,1-2,4-5H2,(H,11,12). The van der Waals surface area contributed by atoms with Crippen LogP contribution in [0, 0.1) is 0 Å². The SMILES string of the molecule is O=C(O)C1(c2ccns2)CCCC1. The second kappa shape index (κ2) is 3.10. The summed E-state index contributed by atoms with van der Waals surface area (Å²) in [5.74, 6) is -0.686. The Morgan fingerprint density at radius 3 is 2.69 bits per heavy atom. The minimum atomic E-state index is -0.686. The lowest BCUT2D eigenvalue weighted by molar-refractivity contribution is -0.143. The Bertz CT molecular complexity index is 301. The fraction of sp³-hybridized carbons (Fsp3) is 0.556. The van der Waals surface area contributed by atoms with Crippen molar-refractivity contribution in [3.05, 3.63) is 17.1 Å². The maximum Gasteiger partial charge on any atom is 0.315 e. The summed E-state index contributed by atoms with van der Waals surface area (Å²) in [4.78, 5) is 12.1. The summed E-state index contributed by atoms with van der Waals surface area (Å²) in [6, 6.07) is 1.84. The van der Waals surface area contributed by atoms with Crippen molar-refractivity contribution in [2.24, 2.45) is 0 Å². The van der Waals surface area contributed by atoms with Crippen LogP contribution in [-0.2, 0) is 10.2 Å². The summed E-state index contributed by atoms with van der Waals surface area (Å²) < 4.78 is 3.97. The van der Waals surface area contributed by atoms with E-state index >= 15 is 0 Å². The Kier molecular flexibility index (Phi) is 2.07. The van der Waals surface area contributed by atoms with Gasteiger partial charge in [0.05, 0.1) is 0 Å². The van der Waals surface area contributed by atoms with Gasteiger partial charge >= 0.3 is 5.97 Å². The lowest BCUT2D eigenvalue weighted by Crippen LogP contribution is -2.31. The molecule has 3 nitrogen and oxygen atoms in total. The van der Waals surface area contributed by atoms with Gasteiger partial charge in [0, 0.05) is 11.1 Å². The molecule has 1 aromatic heterocycles. The number of hydrogen-bond acceptors (Lipinski definition) is 3. The van der Waals surface area contributed by atoms with Crippen molar-refractivity contribution < 1.29 is 9.90 Å². The topological polar surface area (TPSA) is 50.2 Å². The smallest absolute Gasteiger partial charge is 0.315 e. The lowest BCUT2D eigenvalue weighted by Gasteiger charge is -2.20. The van der Waals surface area contributed by atoms with E-state index in [1.54, 1.807) is 6.20 Å². The summed E-state index contributed by atoms with van der Waals surface area (Å²) in [6.45, 7) is 0. The second-order valence-electron chi connectivity index (χ2n) is 3.47. The van der Waals surface area contributed by atoms with E-state index < -0.39 is 11.4 Å². The molecule has 1 fully saturated rings. The molecule has 0 unspecified atom stereocenters. The average Bonchev–Trinajstić information content (AvgIpc) is 2.75. The van der Waals surface area contributed by atoms with Gasteiger partial charge in [-0.2, -0.15) is 0 Å². The summed E-state index contributed by atoms with van der Waals surface area (Å²) in [5, 5.41) is 9.21. The predicted molar refractivity (Wildman–Crippen MR) is 49.9 cm³/mol. The van der Waals surface area contributed by atoms with Crippen LogP contribution in [0.2, 0.25) is 0 Å². The number of carboxylic acids is 1. The Hall–Kier alpha value is -0.900. The van der Waals surface area contributed by atoms with E-state index in [9.17, 15) is 9.90 Å². The summed E-state index contributed by atoms with van der Waals surface area (Å²) in [6.07, 6.45) is 5.26. The van der Waals surface area contributed by atoms with Crippen LogP contribution in [0.4, 0.5) is 0 Å². The Morgan fingerprint density at radius 2 is 2.23 bits per heavy atom. The van der Waals surface area contributed by atoms with Crippen LogP contribution in [0.5, 0.6) is 0 Å². The van der Waals surface area contributed by atoms with Crippen LogP contribution in [0.3, 0.4) is 0 Å². The molecule has 13 heavy (non-hydrogen) atoms. The van der Waals surface area contributed by atoms with Crippen LogP contribution in [0.1, 0.15) is 30.6 Å². The highest BCUT2D eigenvalue weighted by molar-refractivity contribution is 7.06. The third-order valence-corrected chi connectivity index (χ3v) is 3.73. The van der Waals surface area contributed by atoms with Gasteiger partial charge in [-0.25, -0.2) is 4.37 Å². The van der Waals surface area contributed by atoms with Crippen molar-refractivity contribution in [3.8, 4) is 0 Å². The van der Waals surface area contributed by atoms with Crippen LogP contribution < -0.4 is 0 Å². The van der Waals surface area contributed by atoms with Crippen molar-refractivity contribution >= 4 is 17.5 Å². The minimum absolute atomic E-state index is 0.610. The Labute approximate surface area is 80.6 Å². The number of aliphatic carboxylic acids is 1. The molecule has 0 bridgehead atoms. The largest absolute Gasteiger partial charge is 0.481 e. The minimum Gasteiger partial charge on any atom is -0.481 e. The molecule has 0 saturated heterocycles. The van der Waals surface area contributed by atoms with E-state index in [-0.39, 0.29) is 0 Å². The first kappa shape index (κ1) is 8.69. The molecule has 1 aliphatic carbocycles. The van der Waals surface area contributed by atoms with E-state index in [0.29, 0.717) is 0 Å². The zero-order valence-corrected chi connectivity index (χ0v) is 8.01. The van der Waals surface area contributed by atoms with Gasteiger partial charge in [-0.05, 0) is 30.4 Å². The van der Waals surface area contributed by atoms with Gasteiger partial charge in [-0.15, -0.1) is 0 Å². The molecule has 0 radical (unpaired) electrons. The zero-order valence-electron chi connectivity index (χ0n) is 7.19. The summed E-state index contributed by atoms with van der Waals surface area (Å²) in [5.41, 5.74) is -0.610. The molecule has 0 aromatic carbocycles. The second-order valence-corrected chi connectivity index (χ2v) is 4.30. The maximum atomic E-state index is 11.2. The van der Waals surface area contributed by atoms with E-state index in [1.807, 2.05) is 6.07 Å². The van der Waals surface area contributed by atoms with Gasteiger partial charge in [0.2, 0.25) is 0 Å². The fourth-order valence-electron chi connectivity index (χ4n) is 2.01. The third kappa shape index (κ3) is 1.25. The highest BCUT2D eigenvalue weighted by Crippen LogP contribution is 2.42. The van der Waals surface area contributed by atoms with Crippen molar-refractivity contribution in [2.45, 2.75) is 31.1 Å². The van der Waals surface area contributed by atoms with Gasteiger partial charge in [0.15, 0.2) is 0 Å². The molecule has 1 aliphatic rings. The van der Waals surface area contributed by atoms with Gasteiger partial charge in [0.1, 0.15) is 5.41 Å². The van der Waals surface area contributed by atoms with Crippen molar-refractivity contribution in [1.82, 2.24) is 4.37 Å². The normalized spacial score (nSPS) is 20.3. The molecule has 1 saturated carbocycles. The van der Waals surface area contributed by atoms with E-state index in [1.165, 1.54) is 11.5 Å². The first-order valence-electron chi connectivity index (χ1n) is 4.40. The third-order valence-electron chi connectivity index (χ3n) is 2.78. The van der Waals surface area contributed by atoms with Crippen molar-refractivity contribution in [3.63, 3.8) is 0 Å². The molecule has 1 aromatic rings. The number of nitrogens with zero attached hydrogens (tertiary/aromatic N) is 1.